The number of amides is 1. The molecule has 2 heterocycles. The topological polar surface area (TPSA) is 38.1 Å². The van der Waals surface area contributed by atoms with Crippen molar-refractivity contribution in [2.45, 2.75) is 32.7 Å². The first kappa shape index (κ1) is 14.9. The highest BCUT2D eigenvalue weighted by atomic mass is 16.2. The summed E-state index contributed by atoms with van der Waals surface area (Å²) in [5.74, 6) is 1.35. The SMILES string of the molecule is CCn1c([C@@H]2CC(=O)N(c3ccc(C)cc3)C2)nc2ccccc21. The average molecular weight is 319 g/mol. The fraction of sp³-hybridized carbons (Fsp3) is 0.300. The van der Waals surface area contributed by atoms with E-state index in [2.05, 4.69) is 36.6 Å². The summed E-state index contributed by atoms with van der Waals surface area (Å²) in [7, 11) is 0. The maximum absolute atomic E-state index is 12.5. The van der Waals surface area contributed by atoms with Gasteiger partial charge >= 0.3 is 0 Å². The number of hydrogen-bond acceptors (Lipinski definition) is 2. The van der Waals surface area contributed by atoms with Crippen LogP contribution >= 0.6 is 0 Å². The van der Waals surface area contributed by atoms with Crippen LogP contribution in [0.15, 0.2) is 48.5 Å². The summed E-state index contributed by atoms with van der Waals surface area (Å²) >= 11 is 0. The van der Waals surface area contributed by atoms with Crippen LogP contribution in [0.2, 0.25) is 0 Å². The van der Waals surface area contributed by atoms with Gasteiger partial charge < -0.3 is 9.47 Å². The number of para-hydroxylation sites is 2. The Hall–Kier alpha value is -2.62. The molecule has 1 fully saturated rings. The summed E-state index contributed by atoms with van der Waals surface area (Å²) in [6, 6.07) is 16.4. The molecule has 1 aliphatic heterocycles. The number of nitrogens with zero attached hydrogens (tertiary/aromatic N) is 3. The Bertz CT molecular complexity index is 895. The third-order valence-corrected chi connectivity index (χ3v) is 4.84. The summed E-state index contributed by atoms with van der Waals surface area (Å²) < 4.78 is 2.24. The molecule has 24 heavy (non-hydrogen) atoms. The number of hydrogen-bond donors (Lipinski definition) is 0. The summed E-state index contributed by atoms with van der Waals surface area (Å²) in [5, 5.41) is 0. The van der Waals surface area contributed by atoms with E-state index in [1.165, 1.54) is 5.56 Å². The Kier molecular flexibility index (Phi) is 3.60. The van der Waals surface area contributed by atoms with E-state index in [4.69, 9.17) is 4.98 Å². The maximum Gasteiger partial charge on any atom is 0.227 e. The minimum absolute atomic E-state index is 0.145. The van der Waals surface area contributed by atoms with Gasteiger partial charge in [-0.15, -0.1) is 0 Å². The molecule has 0 bridgehead atoms. The van der Waals surface area contributed by atoms with Crippen LogP contribution in [0.5, 0.6) is 0 Å². The molecule has 0 saturated carbocycles. The lowest BCUT2D eigenvalue weighted by molar-refractivity contribution is -0.117. The van der Waals surface area contributed by atoms with Crippen molar-refractivity contribution in [2.24, 2.45) is 0 Å². The van der Waals surface area contributed by atoms with Crippen LogP contribution in [-0.4, -0.2) is 22.0 Å². The van der Waals surface area contributed by atoms with Crippen LogP contribution < -0.4 is 4.90 Å². The fourth-order valence-corrected chi connectivity index (χ4v) is 3.59. The minimum atomic E-state index is 0.145. The summed E-state index contributed by atoms with van der Waals surface area (Å²) in [6.07, 6.45) is 0.525. The van der Waals surface area contributed by atoms with E-state index < -0.39 is 0 Å². The highest BCUT2D eigenvalue weighted by Crippen LogP contribution is 2.33. The molecule has 4 heteroatoms. The van der Waals surface area contributed by atoms with Gasteiger partial charge in [-0.2, -0.15) is 0 Å². The van der Waals surface area contributed by atoms with Gasteiger partial charge in [0.2, 0.25) is 5.91 Å². The normalized spacial score (nSPS) is 17.8. The number of rotatable bonds is 3. The highest BCUT2D eigenvalue weighted by molar-refractivity contribution is 5.96. The molecule has 2 aromatic carbocycles. The zero-order chi connectivity index (χ0) is 16.7. The zero-order valence-corrected chi connectivity index (χ0v) is 14.1. The minimum Gasteiger partial charge on any atom is -0.328 e. The largest absolute Gasteiger partial charge is 0.328 e. The Morgan fingerprint density at radius 1 is 1.12 bits per heavy atom. The number of anilines is 1. The molecule has 122 valence electrons. The highest BCUT2D eigenvalue weighted by Gasteiger charge is 2.34. The lowest BCUT2D eigenvalue weighted by Crippen LogP contribution is -2.24. The van der Waals surface area contributed by atoms with Crippen molar-refractivity contribution in [2.75, 3.05) is 11.4 Å². The molecule has 4 nitrogen and oxygen atoms in total. The van der Waals surface area contributed by atoms with E-state index in [0.29, 0.717) is 13.0 Å². The van der Waals surface area contributed by atoms with Crippen molar-refractivity contribution < 1.29 is 4.79 Å². The smallest absolute Gasteiger partial charge is 0.227 e. The standard InChI is InChI=1S/C20H21N3O/c1-3-22-18-7-5-4-6-17(18)21-20(22)15-12-19(24)23(13-15)16-10-8-14(2)9-11-16/h4-11,15H,3,12-13H2,1-2H3/t15-/m1/s1. The first-order valence-corrected chi connectivity index (χ1v) is 8.49. The molecule has 1 atom stereocenters. The van der Waals surface area contributed by atoms with Crippen molar-refractivity contribution in [3.63, 3.8) is 0 Å². The molecule has 1 amide bonds. The second-order valence-corrected chi connectivity index (χ2v) is 6.44. The summed E-state index contributed by atoms with van der Waals surface area (Å²) in [6.45, 7) is 5.75. The van der Waals surface area contributed by atoms with Crippen LogP contribution in [0.25, 0.3) is 11.0 Å². The van der Waals surface area contributed by atoms with Crippen LogP contribution in [0, 0.1) is 6.92 Å². The van der Waals surface area contributed by atoms with E-state index in [0.717, 1.165) is 29.1 Å². The van der Waals surface area contributed by atoms with Crippen molar-refractivity contribution in [1.29, 1.82) is 0 Å². The van der Waals surface area contributed by atoms with E-state index in [9.17, 15) is 4.79 Å². The number of aryl methyl sites for hydroxylation is 2. The maximum atomic E-state index is 12.5. The van der Waals surface area contributed by atoms with Gasteiger partial charge in [-0.25, -0.2) is 4.98 Å². The Labute approximate surface area is 141 Å². The van der Waals surface area contributed by atoms with Crippen LogP contribution in [0.1, 0.15) is 30.7 Å². The number of carbonyl (C=O) groups excluding carboxylic acids is 1. The first-order valence-electron chi connectivity index (χ1n) is 8.49. The van der Waals surface area contributed by atoms with Gasteiger partial charge in [-0.3, -0.25) is 4.79 Å². The fourth-order valence-electron chi connectivity index (χ4n) is 3.59. The lowest BCUT2D eigenvalue weighted by Gasteiger charge is -2.17. The predicted octanol–water partition coefficient (Wildman–Crippen LogP) is 3.89. The molecule has 0 aliphatic carbocycles. The van der Waals surface area contributed by atoms with Gasteiger partial charge in [0.25, 0.3) is 0 Å². The second kappa shape index (κ2) is 5.78. The molecule has 0 spiro atoms. The van der Waals surface area contributed by atoms with E-state index in [1.807, 2.05) is 35.2 Å². The van der Waals surface area contributed by atoms with Crippen molar-refractivity contribution in [3.8, 4) is 0 Å². The molecular weight excluding hydrogens is 298 g/mol. The molecule has 0 N–H and O–H groups in total. The Balaban J connectivity index is 1.69. The predicted molar refractivity (Wildman–Crippen MR) is 96.3 cm³/mol. The average Bonchev–Trinajstić information content (AvgIpc) is 3.16. The summed E-state index contributed by atoms with van der Waals surface area (Å²) in [5.41, 5.74) is 4.34. The number of aromatic nitrogens is 2. The van der Waals surface area contributed by atoms with E-state index in [1.54, 1.807) is 0 Å². The molecule has 1 aliphatic rings. The molecule has 1 aromatic heterocycles. The van der Waals surface area contributed by atoms with Crippen LogP contribution in [0.3, 0.4) is 0 Å². The quantitative estimate of drug-likeness (QED) is 0.734. The van der Waals surface area contributed by atoms with Gasteiger partial charge in [0.05, 0.1) is 11.0 Å². The Morgan fingerprint density at radius 2 is 1.88 bits per heavy atom. The van der Waals surface area contributed by atoms with Crippen LogP contribution in [-0.2, 0) is 11.3 Å². The third-order valence-electron chi connectivity index (χ3n) is 4.84. The van der Waals surface area contributed by atoms with Gasteiger partial charge in [-0.05, 0) is 38.1 Å². The van der Waals surface area contributed by atoms with E-state index in [-0.39, 0.29) is 11.8 Å². The monoisotopic (exact) mass is 319 g/mol. The number of imidazole rings is 1. The molecule has 0 unspecified atom stereocenters. The van der Waals surface area contributed by atoms with E-state index >= 15 is 0 Å². The molecule has 4 rings (SSSR count). The van der Waals surface area contributed by atoms with Gasteiger partial charge in [-0.1, -0.05) is 29.8 Å². The lowest BCUT2D eigenvalue weighted by atomic mass is 10.1. The third kappa shape index (κ3) is 2.39. The first-order chi connectivity index (χ1) is 11.7. The number of carbonyl (C=O) groups is 1. The number of fused-ring (bicyclic) bond motifs is 1. The van der Waals surface area contributed by atoms with Crippen LogP contribution in [0.4, 0.5) is 5.69 Å². The second-order valence-electron chi connectivity index (χ2n) is 6.44. The molecule has 1 saturated heterocycles. The van der Waals surface area contributed by atoms with Crippen molar-refractivity contribution in [1.82, 2.24) is 9.55 Å². The van der Waals surface area contributed by atoms with Gasteiger partial charge in [0.1, 0.15) is 5.82 Å². The Morgan fingerprint density at radius 3 is 2.62 bits per heavy atom. The molecular formula is C20H21N3O. The van der Waals surface area contributed by atoms with Crippen molar-refractivity contribution in [3.05, 3.63) is 59.9 Å². The summed E-state index contributed by atoms with van der Waals surface area (Å²) in [4.78, 5) is 19.3. The van der Waals surface area contributed by atoms with Crippen molar-refractivity contribution >= 4 is 22.6 Å². The van der Waals surface area contributed by atoms with Gasteiger partial charge in [0, 0.05) is 31.1 Å². The molecule has 3 aromatic rings. The zero-order valence-electron chi connectivity index (χ0n) is 14.1. The van der Waals surface area contributed by atoms with Gasteiger partial charge in [0.15, 0.2) is 0 Å². The number of benzene rings is 2. The molecule has 0 radical (unpaired) electrons.